The lowest BCUT2D eigenvalue weighted by Crippen LogP contribution is -2.39. The summed E-state index contributed by atoms with van der Waals surface area (Å²) in [5, 5.41) is 8.74. The maximum atomic E-state index is 12.9. The van der Waals surface area contributed by atoms with Crippen LogP contribution in [0.1, 0.15) is 12.5 Å². The van der Waals surface area contributed by atoms with E-state index < -0.39 is 23.7 Å². The second-order valence-electron chi connectivity index (χ2n) is 3.97. The monoisotopic (exact) mass is 285 g/mol. The van der Waals surface area contributed by atoms with E-state index in [9.17, 15) is 14.0 Å². The van der Waals surface area contributed by atoms with Crippen LogP contribution in [0.15, 0.2) is 24.3 Å². The van der Waals surface area contributed by atoms with Gasteiger partial charge < -0.3 is 10.0 Å². The van der Waals surface area contributed by atoms with Crippen molar-refractivity contribution in [3.8, 4) is 0 Å². The number of likely N-dealkylation sites (N-methyl/N-ethyl adjacent to an activating group) is 1. The lowest BCUT2D eigenvalue weighted by molar-refractivity contribution is -0.146. The van der Waals surface area contributed by atoms with Crippen LogP contribution in [-0.4, -0.2) is 35.0 Å². The Bertz CT molecular complexity index is 531. The Kier molecular flexibility index (Phi) is 5.06. The average Bonchev–Trinajstić information content (AvgIpc) is 2.37. The maximum Gasteiger partial charge on any atom is 0.326 e. The molecule has 1 unspecified atom stereocenters. The highest BCUT2D eigenvalue weighted by Crippen LogP contribution is 2.16. The van der Waals surface area contributed by atoms with E-state index in [4.69, 9.17) is 16.7 Å². The third-order valence-corrected chi connectivity index (χ3v) is 2.94. The van der Waals surface area contributed by atoms with Crippen LogP contribution in [0.4, 0.5) is 4.39 Å². The molecule has 1 aromatic carbocycles. The van der Waals surface area contributed by atoms with E-state index in [0.717, 1.165) is 4.90 Å². The molecule has 0 aromatic heterocycles. The smallest absolute Gasteiger partial charge is 0.326 e. The van der Waals surface area contributed by atoms with Gasteiger partial charge in [-0.25, -0.2) is 9.18 Å². The number of carboxylic acids is 1. The van der Waals surface area contributed by atoms with Crippen LogP contribution in [0.25, 0.3) is 6.08 Å². The Morgan fingerprint density at radius 3 is 2.63 bits per heavy atom. The molecule has 1 N–H and O–H groups in total. The summed E-state index contributed by atoms with van der Waals surface area (Å²) >= 11 is 5.60. The third kappa shape index (κ3) is 4.06. The van der Waals surface area contributed by atoms with Gasteiger partial charge in [-0.1, -0.05) is 17.7 Å². The molecule has 6 heteroatoms. The molecule has 0 aliphatic carbocycles. The number of halogens is 2. The van der Waals surface area contributed by atoms with Gasteiger partial charge in [-0.2, -0.15) is 0 Å². The molecule has 1 atom stereocenters. The Morgan fingerprint density at radius 1 is 1.47 bits per heavy atom. The number of benzene rings is 1. The van der Waals surface area contributed by atoms with Gasteiger partial charge >= 0.3 is 5.97 Å². The van der Waals surface area contributed by atoms with E-state index in [0.29, 0.717) is 5.56 Å². The summed E-state index contributed by atoms with van der Waals surface area (Å²) in [4.78, 5) is 23.5. The molecule has 0 radical (unpaired) electrons. The summed E-state index contributed by atoms with van der Waals surface area (Å²) in [7, 11) is 1.39. The summed E-state index contributed by atoms with van der Waals surface area (Å²) in [6, 6.07) is 3.11. The zero-order valence-electron chi connectivity index (χ0n) is 10.4. The van der Waals surface area contributed by atoms with Crippen LogP contribution in [0.2, 0.25) is 5.02 Å². The van der Waals surface area contributed by atoms with Crippen LogP contribution < -0.4 is 0 Å². The first-order valence-electron chi connectivity index (χ1n) is 5.45. The summed E-state index contributed by atoms with van der Waals surface area (Å²) < 4.78 is 12.9. The third-order valence-electron chi connectivity index (χ3n) is 2.65. The molecule has 19 heavy (non-hydrogen) atoms. The molecule has 1 rings (SSSR count). The molecule has 0 heterocycles. The number of hydrogen-bond donors (Lipinski definition) is 1. The minimum atomic E-state index is -1.09. The van der Waals surface area contributed by atoms with Crippen molar-refractivity contribution in [1.29, 1.82) is 0 Å². The van der Waals surface area contributed by atoms with Crippen LogP contribution in [0, 0.1) is 5.82 Å². The number of amides is 1. The second kappa shape index (κ2) is 6.33. The highest BCUT2D eigenvalue weighted by atomic mass is 35.5. The SMILES string of the molecule is CC(C(=O)O)N(C)C(=O)C=Cc1ccc(F)c(Cl)c1. The van der Waals surface area contributed by atoms with Crippen molar-refractivity contribution in [2.75, 3.05) is 7.05 Å². The first-order chi connectivity index (χ1) is 8.82. The van der Waals surface area contributed by atoms with E-state index in [-0.39, 0.29) is 5.02 Å². The zero-order valence-corrected chi connectivity index (χ0v) is 11.2. The van der Waals surface area contributed by atoms with Crippen molar-refractivity contribution in [2.24, 2.45) is 0 Å². The number of hydrogen-bond acceptors (Lipinski definition) is 2. The van der Waals surface area contributed by atoms with Gasteiger partial charge in [0.2, 0.25) is 5.91 Å². The molecular weight excluding hydrogens is 273 g/mol. The summed E-state index contributed by atoms with van der Waals surface area (Å²) in [5.41, 5.74) is 0.552. The van der Waals surface area contributed by atoms with E-state index in [1.807, 2.05) is 0 Å². The molecule has 102 valence electrons. The lowest BCUT2D eigenvalue weighted by atomic mass is 10.2. The summed E-state index contributed by atoms with van der Waals surface area (Å²) in [6.45, 7) is 1.41. The predicted molar refractivity (Wildman–Crippen MR) is 70.3 cm³/mol. The van der Waals surface area contributed by atoms with Gasteiger partial charge in [0.25, 0.3) is 0 Å². The van der Waals surface area contributed by atoms with Gasteiger partial charge in [-0.15, -0.1) is 0 Å². The van der Waals surface area contributed by atoms with Crippen LogP contribution >= 0.6 is 11.6 Å². The molecule has 1 amide bonds. The van der Waals surface area contributed by atoms with E-state index in [1.54, 1.807) is 0 Å². The summed E-state index contributed by atoms with van der Waals surface area (Å²) in [5.74, 6) is -2.09. The first kappa shape index (κ1) is 15.2. The second-order valence-corrected chi connectivity index (χ2v) is 4.38. The van der Waals surface area contributed by atoms with Gasteiger partial charge in [-0.05, 0) is 30.7 Å². The van der Waals surface area contributed by atoms with Gasteiger partial charge in [0, 0.05) is 13.1 Å². The highest BCUT2D eigenvalue weighted by molar-refractivity contribution is 6.30. The normalized spacial score (nSPS) is 12.4. The topological polar surface area (TPSA) is 57.6 Å². The number of carbonyl (C=O) groups is 2. The Labute approximate surface area is 115 Å². The Morgan fingerprint density at radius 2 is 2.11 bits per heavy atom. The Hall–Kier alpha value is -1.88. The molecule has 0 fully saturated rings. The predicted octanol–water partition coefficient (Wildman–Crippen LogP) is 2.42. The molecule has 0 saturated heterocycles. The molecule has 0 bridgehead atoms. The van der Waals surface area contributed by atoms with E-state index >= 15 is 0 Å². The number of carbonyl (C=O) groups excluding carboxylic acids is 1. The molecule has 1 aromatic rings. The van der Waals surface area contributed by atoms with Crippen LogP contribution in [-0.2, 0) is 9.59 Å². The van der Waals surface area contributed by atoms with Gasteiger partial charge in [0.05, 0.1) is 5.02 Å². The lowest BCUT2D eigenvalue weighted by Gasteiger charge is -2.19. The van der Waals surface area contributed by atoms with Crippen molar-refractivity contribution in [3.63, 3.8) is 0 Å². The fraction of sp³-hybridized carbons (Fsp3) is 0.231. The van der Waals surface area contributed by atoms with Gasteiger partial charge in [0.15, 0.2) is 0 Å². The fourth-order valence-electron chi connectivity index (χ4n) is 1.26. The zero-order chi connectivity index (χ0) is 14.6. The number of carboxylic acid groups (broad SMARTS) is 1. The van der Waals surface area contributed by atoms with Crippen molar-refractivity contribution in [2.45, 2.75) is 13.0 Å². The molecule has 0 spiro atoms. The molecule has 0 aliphatic rings. The number of rotatable bonds is 4. The highest BCUT2D eigenvalue weighted by Gasteiger charge is 2.19. The molecule has 4 nitrogen and oxygen atoms in total. The minimum absolute atomic E-state index is 0.0399. The quantitative estimate of drug-likeness (QED) is 0.865. The first-order valence-corrected chi connectivity index (χ1v) is 5.83. The average molecular weight is 286 g/mol. The molecular formula is C13H13ClFNO3. The van der Waals surface area contributed by atoms with Crippen LogP contribution in [0.5, 0.6) is 0 Å². The summed E-state index contributed by atoms with van der Waals surface area (Å²) in [6.07, 6.45) is 2.65. The maximum absolute atomic E-state index is 12.9. The molecule has 0 aliphatic heterocycles. The van der Waals surface area contributed by atoms with E-state index in [1.165, 1.54) is 44.3 Å². The van der Waals surface area contributed by atoms with Crippen molar-refractivity contribution < 1.29 is 19.1 Å². The van der Waals surface area contributed by atoms with E-state index in [2.05, 4.69) is 0 Å². The molecule has 0 saturated carbocycles. The van der Waals surface area contributed by atoms with Gasteiger partial charge in [0.1, 0.15) is 11.9 Å². The standard InChI is InChI=1S/C13H13ClFNO3/c1-8(13(18)19)16(2)12(17)6-4-9-3-5-11(15)10(14)7-9/h3-8H,1-2H3,(H,18,19). The fourth-order valence-corrected chi connectivity index (χ4v) is 1.45. The number of aliphatic carboxylic acids is 1. The minimum Gasteiger partial charge on any atom is -0.480 e. The van der Waals surface area contributed by atoms with Crippen molar-refractivity contribution >= 4 is 29.6 Å². The largest absolute Gasteiger partial charge is 0.480 e. The van der Waals surface area contributed by atoms with Crippen molar-refractivity contribution in [3.05, 3.63) is 40.7 Å². The van der Waals surface area contributed by atoms with Gasteiger partial charge in [-0.3, -0.25) is 4.79 Å². The number of nitrogens with zero attached hydrogens (tertiary/aromatic N) is 1. The van der Waals surface area contributed by atoms with Crippen molar-refractivity contribution in [1.82, 2.24) is 4.90 Å². The van der Waals surface area contributed by atoms with Crippen LogP contribution in [0.3, 0.4) is 0 Å². The Balaban J connectivity index is 2.78.